The molecule has 0 saturated heterocycles. The van der Waals surface area contributed by atoms with Gasteiger partial charge in [-0.3, -0.25) is 4.79 Å². The summed E-state index contributed by atoms with van der Waals surface area (Å²) < 4.78 is 0. The van der Waals surface area contributed by atoms with E-state index in [9.17, 15) is 9.59 Å². The summed E-state index contributed by atoms with van der Waals surface area (Å²) in [6, 6.07) is 3.21. The molecule has 0 bridgehead atoms. The lowest BCUT2D eigenvalue weighted by molar-refractivity contribution is -0.137. The summed E-state index contributed by atoms with van der Waals surface area (Å²) in [5.41, 5.74) is 0.346. The summed E-state index contributed by atoms with van der Waals surface area (Å²) in [6.07, 6.45) is 1.88. The van der Waals surface area contributed by atoms with Crippen LogP contribution in [-0.2, 0) is 4.79 Å². The first-order valence-corrected chi connectivity index (χ1v) is 4.75. The van der Waals surface area contributed by atoms with Crippen LogP contribution in [0.2, 0.25) is 0 Å². The first-order chi connectivity index (χ1) is 7.61. The Kier molecular flexibility index (Phi) is 4.26. The second-order valence-corrected chi connectivity index (χ2v) is 3.13. The summed E-state index contributed by atoms with van der Waals surface area (Å²) in [5, 5.41) is 20.1. The molecule has 1 aromatic rings. The fourth-order valence-electron chi connectivity index (χ4n) is 1.18. The minimum absolute atomic E-state index is 0.0513. The van der Waals surface area contributed by atoms with E-state index in [0.29, 0.717) is 18.7 Å². The van der Waals surface area contributed by atoms with Crippen molar-refractivity contribution in [1.82, 2.24) is 4.98 Å². The molecule has 0 spiro atoms. The molecule has 0 aliphatic rings. The average Bonchev–Trinajstić information content (AvgIpc) is 2.24. The molecule has 0 fully saturated rings. The van der Waals surface area contributed by atoms with Crippen LogP contribution in [-0.4, -0.2) is 33.7 Å². The van der Waals surface area contributed by atoms with Crippen molar-refractivity contribution < 1.29 is 19.8 Å². The molecule has 0 aliphatic heterocycles. The van der Waals surface area contributed by atoms with E-state index in [2.05, 4.69) is 10.3 Å². The van der Waals surface area contributed by atoms with E-state index in [0.717, 1.165) is 0 Å². The SMILES string of the molecule is O=C(O)CCCNc1cccnc1C(=O)O. The van der Waals surface area contributed by atoms with Gasteiger partial charge in [0.2, 0.25) is 0 Å². The molecule has 1 aromatic heterocycles. The summed E-state index contributed by atoms with van der Waals surface area (Å²) in [4.78, 5) is 24.7. The molecule has 6 nitrogen and oxygen atoms in total. The van der Waals surface area contributed by atoms with E-state index >= 15 is 0 Å². The van der Waals surface area contributed by atoms with Gasteiger partial charge < -0.3 is 15.5 Å². The molecule has 6 heteroatoms. The van der Waals surface area contributed by atoms with Crippen LogP contribution in [0, 0.1) is 0 Å². The van der Waals surface area contributed by atoms with Crippen molar-refractivity contribution in [2.75, 3.05) is 11.9 Å². The van der Waals surface area contributed by atoms with E-state index in [1.165, 1.54) is 6.20 Å². The van der Waals surface area contributed by atoms with Crippen LogP contribution in [0.25, 0.3) is 0 Å². The number of nitrogens with zero attached hydrogens (tertiary/aromatic N) is 1. The quantitative estimate of drug-likeness (QED) is 0.625. The van der Waals surface area contributed by atoms with Crippen molar-refractivity contribution in [3.63, 3.8) is 0 Å². The van der Waals surface area contributed by atoms with Crippen molar-refractivity contribution >= 4 is 17.6 Å². The van der Waals surface area contributed by atoms with Gasteiger partial charge in [0, 0.05) is 19.2 Å². The minimum atomic E-state index is -1.11. The second kappa shape index (κ2) is 5.69. The van der Waals surface area contributed by atoms with Crippen LogP contribution in [0.1, 0.15) is 23.3 Å². The fourth-order valence-corrected chi connectivity index (χ4v) is 1.18. The number of nitrogens with one attached hydrogen (secondary N) is 1. The van der Waals surface area contributed by atoms with Crippen LogP contribution in [0.4, 0.5) is 5.69 Å². The number of aromatic nitrogens is 1. The van der Waals surface area contributed by atoms with Gasteiger partial charge in [-0.2, -0.15) is 0 Å². The van der Waals surface area contributed by atoms with Crippen molar-refractivity contribution in [1.29, 1.82) is 0 Å². The molecule has 3 N–H and O–H groups in total. The molecule has 0 amide bonds. The highest BCUT2D eigenvalue weighted by Gasteiger charge is 2.09. The molecule has 0 aromatic carbocycles. The number of hydrogen-bond acceptors (Lipinski definition) is 4. The number of pyridine rings is 1. The Labute approximate surface area is 91.9 Å². The lowest BCUT2D eigenvalue weighted by Crippen LogP contribution is -2.10. The van der Waals surface area contributed by atoms with Crippen LogP contribution in [0.15, 0.2) is 18.3 Å². The minimum Gasteiger partial charge on any atom is -0.481 e. The first kappa shape index (κ1) is 12.0. The predicted molar refractivity (Wildman–Crippen MR) is 56.6 cm³/mol. The highest BCUT2D eigenvalue weighted by Crippen LogP contribution is 2.11. The summed E-state index contributed by atoms with van der Waals surface area (Å²) in [5.74, 6) is -1.98. The third kappa shape index (κ3) is 3.56. The number of aliphatic carboxylic acids is 1. The highest BCUT2D eigenvalue weighted by atomic mass is 16.4. The molecule has 0 radical (unpaired) electrons. The number of aromatic carboxylic acids is 1. The predicted octanol–water partition coefficient (Wildman–Crippen LogP) is 1.06. The van der Waals surface area contributed by atoms with Crippen molar-refractivity contribution in [3.8, 4) is 0 Å². The standard InChI is InChI=1S/C10H12N2O4/c13-8(14)4-2-5-11-7-3-1-6-12-9(7)10(15)16/h1,3,6,11H,2,4-5H2,(H,13,14)(H,15,16). The van der Waals surface area contributed by atoms with Gasteiger partial charge in [0.15, 0.2) is 5.69 Å². The summed E-state index contributed by atoms with van der Waals surface area (Å²) in [7, 11) is 0. The van der Waals surface area contributed by atoms with Crippen LogP contribution in [0.5, 0.6) is 0 Å². The van der Waals surface area contributed by atoms with Gasteiger partial charge >= 0.3 is 11.9 Å². The summed E-state index contributed by atoms with van der Waals surface area (Å²) in [6.45, 7) is 0.401. The second-order valence-electron chi connectivity index (χ2n) is 3.13. The number of rotatable bonds is 6. The fraction of sp³-hybridized carbons (Fsp3) is 0.300. The number of hydrogen-bond donors (Lipinski definition) is 3. The Hall–Kier alpha value is -2.11. The average molecular weight is 224 g/mol. The Balaban J connectivity index is 2.53. The van der Waals surface area contributed by atoms with Crippen molar-refractivity contribution in [2.24, 2.45) is 0 Å². The molecular weight excluding hydrogens is 212 g/mol. The normalized spacial score (nSPS) is 9.75. The molecule has 86 valence electrons. The van der Waals surface area contributed by atoms with E-state index in [-0.39, 0.29) is 12.1 Å². The molecule has 0 atom stereocenters. The van der Waals surface area contributed by atoms with Gasteiger partial charge in [-0.25, -0.2) is 9.78 Å². The monoisotopic (exact) mass is 224 g/mol. The Morgan fingerprint density at radius 2 is 2.12 bits per heavy atom. The Morgan fingerprint density at radius 1 is 1.38 bits per heavy atom. The van der Waals surface area contributed by atoms with Gasteiger partial charge in [-0.15, -0.1) is 0 Å². The van der Waals surface area contributed by atoms with Gasteiger partial charge in [-0.1, -0.05) is 0 Å². The zero-order valence-corrected chi connectivity index (χ0v) is 8.51. The molecular formula is C10H12N2O4. The molecule has 0 unspecified atom stereocenters. The topological polar surface area (TPSA) is 99.5 Å². The number of carbonyl (C=O) groups is 2. The van der Waals surface area contributed by atoms with Gasteiger partial charge in [0.25, 0.3) is 0 Å². The maximum Gasteiger partial charge on any atom is 0.356 e. The lowest BCUT2D eigenvalue weighted by atomic mass is 10.2. The third-order valence-electron chi connectivity index (χ3n) is 1.89. The van der Waals surface area contributed by atoms with E-state index < -0.39 is 11.9 Å². The zero-order chi connectivity index (χ0) is 12.0. The number of anilines is 1. The van der Waals surface area contributed by atoms with Crippen LogP contribution >= 0.6 is 0 Å². The van der Waals surface area contributed by atoms with E-state index in [1.807, 2.05) is 0 Å². The molecule has 1 rings (SSSR count). The lowest BCUT2D eigenvalue weighted by Gasteiger charge is -2.07. The Bertz CT molecular complexity index is 392. The highest BCUT2D eigenvalue weighted by molar-refractivity contribution is 5.91. The maximum absolute atomic E-state index is 10.8. The van der Waals surface area contributed by atoms with Gasteiger partial charge in [0.05, 0.1) is 5.69 Å². The largest absolute Gasteiger partial charge is 0.481 e. The first-order valence-electron chi connectivity index (χ1n) is 4.75. The van der Waals surface area contributed by atoms with Crippen molar-refractivity contribution in [3.05, 3.63) is 24.0 Å². The number of carboxylic acid groups (broad SMARTS) is 2. The smallest absolute Gasteiger partial charge is 0.356 e. The molecule has 0 saturated carbocycles. The Morgan fingerprint density at radius 3 is 2.75 bits per heavy atom. The maximum atomic E-state index is 10.8. The third-order valence-corrected chi connectivity index (χ3v) is 1.89. The molecule has 1 heterocycles. The zero-order valence-electron chi connectivity index (χ0n) is 8.51. The summed E-state index contributed by atoms with van der Waals surface area (Å²) >= 11 is 0. The van der Waals surface area contributed by atoms with E-state index in [1.54, 1.807) is 12.1 Å². The van der Waals surface area contributed by atoms with Gasteiger partial charge in [-0.05, 0) is 18.6 Å². The molecule has 16 heavy (non-hydrogen) atoms. The molecule has 0 aliphatic carbocycles. The number of carboxylic acids is 2. The van der Waals surface area contributed by atoms with Gasteiger partial charge in [0.1, 0.15) is 0 Å². The van der Waals surface area contributed by atoms with Crippen LogP contribution < -0.4 is 5.32 Å². The van der Waals surface area contributed by atoms with Crippen molar-refractivity contribution in [2.45, 2.75) is 12.8 Å². The van der Waals surface area contributed by atoms with E-state index in [4.69, 9.17) is 10.2 Å². The van der Waals surface area contributed by atoms with Crippen LogP contribution in [0.3, 0.4) is 0 Å².